The van der Waals surface area contributed by atoms with E-state index < -0.39 is 17.9 Å². The summed E-state index contributed by atoms with van der Waals surface area (Å²) in [5, 5.41) is 13.8. The molecule has 2 saturated heterocycles. The average Bonchev–Trinajstić information content (AvgIpc) is 3.53. The zero-order valence-electron chi connectivity index (χ0n) is 18.1. The van der Waals surface area contributed by atoms with Crippen LogP contribution in [0.25, 0.3) is 11.3 Å². The fourth-order valence-electron chi connectivity index (χ4n) is 4.99. The van der Waals surface area contributed by atoms with Gasteiger partial charge < -0.3 is 20.2 Å². The highest BCUT2D eigenvalue weighted by atomic mass is 19.1. The molecule has 3 heterocycles. The molecular weight excluding hydrogens is 416 g/mol. The summed E-state index contributed by atoms with van der Waals surface area (Å²) in [7, 11) is 3.02. The van der Waals surface area contributed by atoms with E-state index in [0.717, 1.165) is 44.2 Å². The highest BCUT2D eigenvalue weighted by Crippen LogP contribution is 2.40. The summed E-state index contributed by atoms with van der Waals surface area (Å²) < 4.78 is 29.8. The lowest BCUT2D eigenvalue weighted by molar-refractivity contribution is 0.0822. The molecule has 1 saturated carbocycles. The van der Waals surface area contributed by atoms with Crippen molar-refractivity contribution in [2.45, 2.75) is 62.4 Å². The van der Waals surface area contributed by atoms with Crippen LogP contribution < -0.4 is 10.2 Å². The standard InChI is InChI=1S/C23H27F2N5O2/c1-29(2)23(32)14-9-20(31)15(8-16(14)24)18-10-27-21(11-26-18)30(13-4-5-13)19-7-12-3-6-17(28-12)22(19)25/h8-13,17,19,22,28,31H,3-7H2,1-2H3/t12?,17?,19-,22+/m0/s1. The van der Waals surface area contributed by atoms with Crippen LogP contribution in [-0.4, -0.2) is 70.3 Å². The van der Waals surface area contributed by atoms with Crippen LogP contribution in [0.3, 0.4) is 0 Å². The number of anilines is 1. The van der Waals surface area contributed by atoms with Gasteiger partial charge in [-0.2, -0.15) is 0 Å². The second kappa shape index (κ2) is 7.95. The summed E-state index contributed by atoms with van der Waals surface area (Å²) in [6.07, 6.45) is 6.69. The Kier molecular flexibility index (Phi) is 5.23. The molecule has 5 rings (SSSR count). The number of halogens is 2. The molecule has 32 heavy (non-hydrogen) atoms. The molecule has 2 unspecified atom stereocenters. The zero-order valence-corrected chi connectivity index (χ0v) is 18.1. The Bertz CT molecular complexity index is 1030. The number of aromatic hydroxyl groups is 1. The van der Waals surface area contributed by atoms with E-state index in [1.165, 1.54) is 25.2 Å². The molecule has 0 radical (unpaired) electrons. The molecular formula is C23H27F2N5O2. The number of amides is 1. The highest BCUT2D eigenvalue weighted by Gasteiger charge is 2.48. The molecule has 170 valence electrons. The van der Waals surface area contributed by atoms with Crippen LogP contribution in [0, 0.1) is 5.82 Å². The van der Waals surface area contributed by atoms with Crippen LogP contribution in [0.5, 0.6) is 5.75 Å². The number of benzene rings is 1. The Morgan fingerprint density at radius 3 is 2.59 bits per heavy atom. The van der Waals surface area contributed by atoms with E-state index in [4.69, 9.17) is 0 Å². The number of hydrogen-bond acceptors (Lipinski definition) is 6. The van der Waals surface area contributed by atoms with Gasteiger partial charge in [0.1, 0.15) is 23.6 Å². The maximum atomic E-state index is 15.2. The number of piperidine rings is 1. The Morgan fingerprint density at radius 2 is 1.94 bits per heavy atom. The van der Waals surface area contributed by atoms with Crippen molar-refractivity contribution in [2.24, 2.45) is 0 Å². The minimum Gasteiger partial charge on any atom is -0.507 e. The number of alkyl halides is 1. The lowest BCUT2D eigenvalue weighted by Gasteiger charge is -2.41. The van der Waals surface area contributed by atoms with E-state index in [9.17, 15) is 14.3 Å². The van der Waals surface area contributed by atoms with Crippen LogP contribution in [-0.2, 0) is 0 Å². The van der Waals surface area contributed by atoms with Gasteiger partial charge in [-0.1, -0.05) is 0 Å². The highest BCUT2D eigenvalue weighted by molar-refractivity contribution is 5.95. The number of rotatable bonds is 5. The van der Waals surface area contributed by atoms with Gasteiger partial charge in [-0.25, -0.2) is 13.8 Å². The fourth-order valence-corrected chi connectivity index (χ4v) is 4.99. The lowest BCUT2D eigenvalue weighted by atomic mass is 9.96. The van der Waals surface area contributed by atoms with Gasteiger partial charge in [0.05, 0.1) is 29.7 Å². The first-order chi connectivity index (χ1) is 15.3. The molecule has 2 N–H and O–H groups in total. The minimum absolute atomic E-state index is 0.101. The average molecular weight is 443 g/mol. The van der Waals surface area contributed by atoms with E-state index in [0.29, 0.717) is 11.9 Å². The zero-order chi connectivity index (χ0) is 22.6. The van der Waals surface area contributed by atoms with Crippen LogP contribution in [0.1, 0.15) is 42.5 Å². The first-order valence-electron chi connectivity index (χ1n) is 11.1. The van der Waals surface area contributed by atoms with E-state index in [1.807, 2.05) is 0 Å². The van der Waals surface area contributed by atoms with E-state index in [1.54, 1.807) is 6.20 Å². The molecule has 1 amide bonds. The molecule has 0 spiro atoms. The van der Waals surface area contributed by atoms with Crippen molar-refractivity contribution < 1.29 is 18.7 Å². The number of hydrogen-bond donors (Lipinski definition) is 2. The van der Waals surface area contributed by atoms with Crippen molar-refractivity contribution in [3.63, 3.8) is 0 Å². The third-order valence-electron chi connectivity index (χ3n) is 6.75. The number of fused-ring (bicyclic) bond motifs is 2. The smallest absolute Gasteiger partial charge is 0.256 e. The third kappa shape index (κ3) is 3.68. The SMILES string of the molecule is CN(C)C(=O)c1cc(O)c(-c2cnc(N(C3CC3)[C@H]3CC4CCC(N4)[C@H]3F)cn2)cc1F. The summed E-state index contributed by atoms with van der Waals surface area (Å²) in [5.41, 5.74) is 0.222. The Hall–Kier alpha value is -2.81. The van der Waals surface area contributed by atoms with E-state index in [-0.39, 0.29) is 40.7 Å². The normalized spacial score (nSPS) is 26.8. The van der Waals surface area contributed by atoms with Crippen LogP contribution >= 0.6 is 0 Å². The van der Waals surface area contributed by atoms with Gasteiger partial charge in [-0.3, -0.25) is 9.78 Å². The Morgan fingerprint density at radius 1 is 1.16 bits per heavy atom. The number of phenols is 1. The van der Waals surface area contributed by atoms with Gasteiger partial charge in [0.25, 0.3) is 5.91 Å². The molecule has 4 atom stereocenters. The number of phenolic OH excluding ortho intramolecular Hbond substituents is 1. The quantitative estimate of drug-likeness (QED) is 0.740. The van der Waals surface area contributed by atoms with Gasteiger partial charge >= 0.3 is 0 Å². The second-order valence-electron chi connectivity index (χ2n) is 9.24. The predicted molar refractivity (Wildman–Crippen MR) is 116 cm³/mol. The van der Waals surface area contributed by atoms with Gasteiger partial charge in [0.15, 0.2) is 0 Å². The number of carbonyl (C=O) groups excluding carboxylic acids is 1. The second-order valence-corrected chi connectivity index (χ2v) is 9.24. The van der Waals surface area contributed by atoms with Crippen molar-refractivity contribution in [3.8, 4) is 17.0 Å². The molecule has 7 nitrogen and oxygen atoms in total. The van der Waals surface area contributed by atoms with Crippen LogP contribution in [0.2, 0.25) is 0 Å². The molecule has 1 aromatic carbocycles. The summed E-state index contributed by atoms with van der Waals surface area (Å²) in [6, 6.07) is 2.47. The lowest BCUT2D eigenvalue weighted by Crippen LogP contribution is -2.57. The van der Waals surface area contributed by atoms with Crippen LogP contribution in [0.15, 0.2) is 24.5 Å². The Balaban J connectivity index is 1.42. The van der Waals surface area contributed by atoms with Gasteiger partial charge in [-0.05, 0) is 44.2 Å². The van der Waals surface area contributed by atoms with Crippen molar-refractivity contribution in [1.29, 1.82) is 0 Å². The first kappa shape index (κ1) is 21.1. The number of nitrogens with one attached hydrogen (secondary N) is 1. The molecule has 1 aliphatic carbocycles. The summed E-state index contributed by atoms with van der Waals surface area (Å²) in [4.78, 5) is 24.3. The maximum absolute atomic E-state index is 15.2. The maximum Gasteiger partial charge on any atom is 0.256 e. The van der Waals surface area contributed by atoms with Crippen LogP contribution in [0.4, 0.5) is 14.6 Å². The first-order valence-corrected chi connectivity index (χ1v) is 11.1. The molecule has 2 bridgehead atoms. The number of aromatic nitrogens is 2. The molecule has 2 aromatic rings. The summed E-state index contributed by atoms with van der Waals surface area (Å²) in [6.45, 7) is 0. The Labute approximate surface area is 185 Å². The van der Waals surface area contributed by atoms with Gasteiger partial charge in [-0.15, -0.1) is 0 Å². The summed E-state index contributed by atoms with van der Waals surface area (Å²) in [5.74, 6) is -0.934. The molecule has 3 fully saturated rings. The van der Waals surface area contributed by atoms with Gasteiger partial charge in [0.2, 0.25) is 0 Å². The van der Waals surface area contributed by atoms with Crippen molar-refractivity contribution in [2.75, 3.05) is 19.0 Å². The molecule has 9 heteroatoms. The van der Waals surface area contributed by atoms with Crippen molar-refractivity contribution in [1.82, 2.24) is 20.2 Å². The molecule has 3 aliphatic rings. The monoisotopic (exact) mass is 443 g/mol. The number of carbonyl (C=O) groups is 1. The van der Waals surface area contributed by atoms with Crippen molar-refractivity contribution in [3.05, 3.63) is 35.9 Å². The minimum atomic E-state index is -0.962. The molecule has 1 aromatic heterocycles. The summed E-state index contributed by atoms with van der Waals surface area (Å²) >= 11 is 0. The third-order valence-corrected chi connectivity index (χ3v) is 6.75. The van der Waals surface area contributed by atoms with E-state index in [2.05, 4.69) is 20.2 Å². The van der Waals surface area contributed by atoms with Crippen molar-refractivity contribution >= 4 is 11.7 Å². The predicted octanol–water partition coefficient (Wildman–Crippen LogP) is 2.89. The topological polar surface area (TPSA) is 81.6 Å². The number of nitrogens with zero attached hydrogens (tertiary/aromatic N) is 4. The largest absolute Gasteiger partial charge is 0.507 e. The van der Waals surface area contributed by atoms with Gasteiger partial charge in [0, 0.05) is 37.8 Å². The van der Waals surface area contributed by atoms with E-state index >= 15 is 4.39 Å². The molecule has 2 aliphatic heterocycles. The fraction of sp³-hybridized carbons (Fsp3) is 0.522.